The Labute approximate surface area is 128 Å². The van der Waals surface area contributed by atoms with Crippen LogP contribution in [-0.4, -0.2) is 35.2 Å². The molecule has 0 saturated carbocycles. The van der Waals surface area contributed by atoms with Crippen LogP contribution in [0.4, 0.5) is 4.79 Å². The van der Waals surface area contributed by atoms with E-state index in [0.29, 0.717) is 13.0 Å². The Bertz CT molecular complexity index is 492. The lowest BCUT2D eigenvalue weighted by molar-refractivity contribution is 0.0636. The van der Waals surface area contributed by atoms with Gasteiger partial charge in [0.1, 0.15) is 0 Å². The lowest BCUT2D eigenvalue weighted by Crippen LogP contribution is -2.40. The summed E-state index contributed by atoms with van der Waals surface area (Å²) in [6.07, 6.45) is 0.550. The molecule has 21 heavy (non-hydrogen) atoms. The second-order valence-electron chi connectivity index (χ2n) is 6.52. The van der Waals surface area contributed by atoms with Gasteiger partial charge in [0.25, 0.3) is 0 Å². The lowest BCUT2D eigenvalue weighted by Gasteiger charge is -2.25. The first kappa shape index (κ1) is 17.5. The molecule has 0 aliphatic rings. The summed E-state index contributed by atoms with van der Waals surface area (Å²) in [5.74, 6) is 0. The molecule has 0 spiro atoms. The van der Waals surface area contributed by atoms with E-state index in [2.05, 4.69) is 30.4 Å². The van der Waals surface area contributed by atoms with E-state index in [-0.39, 0.29) is 12.1 Å². The van der Waals surface area contributed by atoms with Gasteiger partial charge in [-0.05, 0) is 52.2 Å². The average Bonchev–Trinajstić information content (AvgIpc) is 2.37. The van der Waals surface area contributed by atoms with Gasteiger partial charge in [0, 0.05) is 13.6 Å². The smallest absolute Gasteiger partial charge is 0.317 e. The zero-order valence-corrected chi connectivity index (χ0v) is 14.0. The Kier molecular flexibility index (Phi) is 5.78. The Morgan fingerprint density at radius 2 is 2.00 bits per heavy atom. The maximum absolute atomic E-state index is 12.2. The van der Waals surface area contributed by atoms with Crippen LogP contribution in [0.25, 0.3) is 0 Å². The monoisotopic (exact) mass is 292 g/mol. The summed E-state index contributed by atoms with van der Waals surface area (Å²) in [7, 11) is 1.75. The number of nitrogens with zero attached hydrogens (tertiary/aromatic N) is 1. The molecule has 1 rings (SSSR count). The summed E-state index contributed by atoms with van der Waals surface area (Å²) in [5.41, 5.74) is 2.74. The number of benzene rings is 1. The minimum Gasteiger partial charge on any atom is -0.390 e. The van der Waals surface area contributed by atoms with Crippen LogP contribution in [-0.2, 0) is 0 Å². The normalized spacial score (nSPS) is 12.9. The fourth-order valence-electron chi connectivity index (χ4n) is 2.14. The van der Waals surface area contributed by atoms with Crippen molar-refractivity contribution in [2.75, 3.05) is 13.6 Å². The van der Waals surface area contributed by atoms with Gasteiger partial charge in [-0.2, -0.15) is 0 Å². The molecule has 0 aliphatic carbocycles. The number of hydrogen-bond acceptors (Lipinski definition) is 2. The van der Waals surface area contributed by atoms with Crippen molar-refractivity contribution in [3.05, 3.63) is 34.9 Å². The SMILES string of the molecule is Cc1ccc(C)c([C@@H](C)NC(=O)N(C)CCC(C)(C)O)c1. The summed E-state index contributed by atoms with van der Waals surface area (Å²) >= 11 is 0. The summed E-state index contributed by atoms with van der Waals surface area (Å²) in [6, 6.07) is 6.10. The first-order valence-electron chi connectivity index (χ1n) is 7.41. The molecule has 1 atom stereocenters. The standard InChI is InChI=1S/C17H28N2O2/c1-12-7-8-13(2)15(11-12)14(3)18-16(20)19(6)10-9-17(4,5)21/h7-8,11,14,21H,9-10H2,1-6H3,(H,18,20)/t14-/m1/s1. The van der Waals surface area contributed by atoms with Gasteiger partial charge in [-0.3, -0.25) is 0 Å². The highest BCUT2D eigenvalue weighted by Gasteiger charge is 2.18. The van der Waals surface area contributed by atoms with Crippen LogP contribution in [0.5, 0.6) is 0 Å². The van der Waals surface area contributed by atoms with Crippen molar-refractivity contribution >= 4 is 6.03 Å². The highest BCUT2D eigenvalue weighted by atomic mass is 16.3. The number of rotatable bonds is 5. The van der Waals surface area contributed by atoms with Crippen LogP contribution < -0.4 is 5.32 Å². The molecule has 1 aromatic rings. The molecule has 0 aliphatic heterocycles. The molecule has 2 amide bonds. The van der Waals surface area contributed by atoms with Gasteiger partial charge in [-0.1, -0.05) is 23.8 Å². The van der Waals surface area contributed by atoms with E-state index in [9.17, 15) is 9.90 Å². The average molecular weight is 292 g/mol. The second-order valence-corrected chi connectivity index (χ2v) is 6.52. The molecular formula is C17H28N2O2. The number of carbonyl (C=O) groups is 1. The van der Waals surface area contributed by atoms with Gasteiger partial charge in [-0.25, -0.2) is 4.79 Å². The molecular weight excluding hydrogens is 264 g/mol. The van der Waals surface area contributed by atoms with Crippen molar-refractivity contribution in [1.82, 2.24) is 10.2 Å². The van der Waals surface area contributed by atoms with Gasteiger partial charge < -0.3 is 15.3 Å². The first-order valence-corrected chi connectivity index (χ1v) is 7.41. The quantitative estimate of drug-likeness (QED) is 0.876. The van der Waals surface area contributed by atoms with Gasteiger partial charge >= 0.3 is 6.03 Å². The van der Waals surface area contributed by atoms with Crippen LogP contribution >= 0.6 is 0 Å². The zero-order valence-electron chi connectivity index (χ0n) is 14.0. The highest BCUT2D eigenvalue weighted by molar-refractivity contribution is 5.74. The summed E-state index contributed by atoms with van der Waals surface area (Å²) in [4.78, 5) is 13.8. The van der Waals surface area contributed by atoms with Crippen molar-refractivity contribution in [3.8, 4) is 0 Å². The second kappa shape index (κ2) is 6.94. The van der Waals surface area contributed by atoms with Crippen molar-refractivity contribution in [2.24, 2.45) is 0 Å². The number of nitrogens with one attached hydrogen (secondary N) is 1. The molecule has 2 N–H and O–H groups in total. The van der Waals surface area contributed by atoms with Gasteiger partial charge in [0.05, 0.1) is 11.6 Å². The van der Waals surface area contributed by atoms with Crippen LogP contribution in [0.3, 0.4) is 0 Å². The lowest BCUT2D eigenvalue weighted by atomic mass is 10.00. The fourth-order valence-corrected chi connectivity index (χ4v) is 2.14. The Morgan fingerprint density at radius 1 is 1.38 bits per heavy atom. The molecule has 0 radical (unpaired) electrons. The van der Waals surface area contributed by atoms with Crippen LogP contribution in [0, 0.1) is 13.8 Å². The Morgan fingerprint density at radius 3 is 2.57 bits per heavy atom. The molecule has 0 fully saturated rings. The fraction of sp³-hybridized carbons (Fsp3) is 0.588. The van der Waals surface area contributed by atoms with E-state index < -0.39 is 5.60 Å². The summed E-state index contributed by atoms with van der Waals surface area (Å²) in [5, 5.41) is 12.7. The molecule has 4 nitrogen and oxygen atoms in total. The molecule has 0 saturated heterocycles. The molecule has 0 heterocycles. The predicted octanol–water partition coefficient (Wildman–Crippen LogP) is 3.17. The predicted molar refractivity (Wildman–Crippen MR) is 86.4 cm³/mol. The first-order chi connectivity index (χ1) is 9.60. The highest BCUT2D eigenvalue weighted by Crippen LogP contribution is 2.19. The molecule has 0 bridgehead atoms. The van der Waals surface area contributed by atoms with Crippen LogP contribution in [0.15, 0.2) is 18.2 Å². The number of amides is 2. The van der Waals surface area contributed by atoms with E-state index in [0.717, 1.165) is 5.56 Å². The number of carbonyl (C=O) groups excluding carboxylic acids is 1. The molecule has 1 aromatic carbocycles. The minimum absolute atomic E-state index is 0.0398. The molecule has 118 valence electrons. The van der Waals surface area contributed by atoms with Gasteiger partial charge in [0.15, 0.2) is 0 Å². The minimum atomic E-state index is -0.757. The largest absolute Gasteiger partial charge is 0.390 e. The molecule has 0 unspecified atom stereocenters. The zero-order chi connectivity index (χ0) is 16.2. The van der Waals surface area contributed by atoms with E-state index in [4.69, 9.17) is 0 Å². The van der Waals surface area contributed by atoms with Gasteiger partial charge in [0.2, 0.25) is 0 Å². The third kappa shape index (κ3) is 5.76. The van der Waals surface area contributed by atoms with E-state index in [1.165, 1.54) is 11.1 Å². The van der Waals surface area contributed by atoms with Gasteiger partial charge in [-0.15, -0.1) is 0 Å². The van der Waals surface area contributed by atoms with Crippen LogP contribution in [0.1, 0.15) is 49.9 Å². The number of aryl methyl sites for hydroxylation is 2. The van der Waals surface area contributed by atoms with E-state index >= 15 is 0 Å². The van der Waals surface area contributed by atoms with Crippen molar-refractivity contribution in [2.45, 2.75) is 52.7 Å². The topological polar surface area (TPSA) is 52.6 Å². The van der Waals surface area contributed by atoms with E-state index in [1.54, 1.807) is 25.8 Å². The number of aliphatic hydroxyl groups is 1. The summed E-state index contributed by atoms with van der Waals surface area (Å²) < 4.78 is 0. The van der Waals surface area contributed by atoms with E-state index in [1.807, 2.05) is 13.8 Å². The molecule has 0 aromatic heterocycles. The Hall–Kier alpha value is -1.55. The van der Waals surface area contributed by atoms with Crippen molar-refractivity contribution in [3.63, 3.8) is 0 Å². The van der Waals surface area contributed by atoms with Crippen molar-refractivity contribution < 1.29 is 9.90 Å². The third-order valence-electron chi connectivity index (χ3n) is 3.65. The third-order valence-corrected chi connectivity index (χ3v) is 3.65. The maximum atomic E-state index is 12.2. The molecule has 4 heteroatoms. The number of urea groups is 1. The van der Waals surface area contributed by atoms with Crippen LogP contribution in [0.2, 0.25) is 0 Å². The summed E-state index contributed by atoms with van der Waals surface area (Å²) in [6.45, 7) is 10.1. The van der Waals surface area contributed by atoms with Crippen molar-refractivity contribution in [1.29, 1.82) is 0 Å². The Balaban J connectivity index is 2.63. The maximum Gasteiger partial charge on any atom is 0.317 e. The number of hydrogen-bond donors (Lipinski definition) is 2.